The summed E-state index contributed by atoms with van der Waals surface area (Å²) in [6, 6.07) is 9.66. The molecule has 26 heavy (non-hydrogen) atoms. The molecule has 0 saturated heterocycles. The Labute approximate surface area is 167 Å². The van der Waals surface area contributed by atoms with E-state index in [1.807, 2.05) is 0 Å². The van der Waals surface area contributed by atoms with Gasteiger partial charge in [-0.3, -0.25) is 9.59 Å². The van der Waals surface area contributed by atoms with Crippen molar-refractivity contribution in [3.8, 4) is 11.5 Å². The van der Waals surface area contributed by atoms with Crippen molar-refractivity contribution in [1.29, 1.82) is 0 Å². The number of phenols is 1. The van der Waals surface area contributed by atoms with Gasteiger partial charge in [-0.15, -0.1) is 0 Å². The van der Waals surface area contributed by atoms with Crippen molar-refractivity contribution in [3.05, 3.63) is 56.5 Å². The van der Waals surface area contributed by atoms with Crippen molar-refractivity contribution in [2.24, 2.45) is 0 Å². The van der Waals surface area contributed by atoms with Gasteiger partial charge in [0.05, 0.1) is 17.7 Å². The van der Waals surface area contributed by atoms with Crippen LogP contribution < -0.4 is 4.74 Å². The number of esters is 1. The number of hydrogen-bond donors (Lipinski definition) is 1. The number of ether oxygens (including phenoxy) is 2. The molecule has 0 aliphatic rings. The molecule has 0 amide bonds. The second-order valence-electron chi connectivity index (χ2n) is 4.71. The van der Waals surface area contributed by atoms with Crippen molar-refractivity contribution < 1.29 is 29.0 Å². The molecule has 1 N–H and O–H groups in total. The maximum absolute atomic E-state index is 11.0. The number of carbonyl (C=O) groups is 3. The van der Waals surface area contributed by atoms with Crippen molar-refractivity contribution in [2.45, 2.75) is 6.92 Å². The molecule has 0 aliphatic heterocycles. The van der Waals surface area contributed by atoms with E-state index in [0.717, 1.165) is 8.95 Å². The lowest BCUT2D eigenvalue weighted by molar-refractivity contribution is -0.145. The summed E-state index contributed by atoms with van der Waals surface area (Å²) in [6.45, 7) is 1.83. The van der Waals surface area contributed by atoms with Crippen LogP contribution >= 0.6 is 31.9 Å². The zero-order chi connectivity index (χ0) is 19.5. The molecular formula is C18H16Br2O6. The summed E-state index contributed by atoms with van der Waals surface area (Å²) in [5.74, 6) is -0.0771. The normalized spacial score (nSPS) is 9.50. The SMILES string of the molecule is CCOC(=O)COc1ccc(Br)cc1C=O.O=Cc1cc(Br)ccc1O. The summed E-state index contributed by atoms with van der Waals surface area (Å²) in [7, 11) is 0. The predicted octanol–water partition coefficient (Wildman–Crippen LogP) is 4.17. The molecule has 0 aliphatic carbocycles. The third-order valence-electron chi connectivity index (χ3n) is 2.87. The van der Waals surface area contributed by atoms with Gasteiger partial charge in [-0.05, 0) is 43.3 Å². The van der Waals surface area contributed by atoms with Gasteiger partial charge in [0.15, 0.2) is 19.2 Å². The highest BCUT2D eigenvalue weighted by Crippen LogP contribution is 2.21. The van der Waals surface area contributed by atoms with Crippen molar-refractivity contribution in [2.75, 3.05) is 13.2 Å². The number of phenolic OH excluding ortho intramolecular Hbond substituents is 1. The standard InChI is InChI=1S/C11H11BrO4.C7H5BrO2/c1-2-15-11(14)7-16-10-4-3-9(12)5-8(10)6-13;8-6-1-2-7(10)5(3-6)4-9/h3-6H,2,7H2,1H3;1-4,10H. The minimum Gasteiger partial charge on any atom is -0.507 e. The molecule has 6 nitrogen and oxygen atoms in total. The first-order chi connectivity index (χ1) is 12.4. The molecule has 0 bridgehead atoms. The van der Waals surface area contributed by atoms with Crippen LogP contribution in [0.15, 0.2) is 45.3 Å². The maximum Gasteiger partial charge on any atom is 0.344 e. The Bertz CT molecular complexity index is 776. The number of benzene rings is 2. The zero-order valence-electron chi connectivity index (χ0n) is 13.8. The van der Waals surface area contributed by atoms with Crippen molar-refractivity contribution in [1.82, 2.24) is 0 Å². The minimum absolute atomic E-state index is 0.0122. The molecule has 8 heteroatoms. The van der Waals surface area contributed by atoms with E-state index >= 15 is 0 Å². The number of halogens is 2. The van der Waals surface area contributed by atoms with E-state index in [-0.39, 0.29) is 12.4 Å². The molecule has 0 aromatic heterocycles. The smallest absolute Gasteiger partial charge is 0.344 e. The summed E-state index contributed by atoms with van der Waals surface area (Å²) in [5.41, 5.74) is 0.688. The first-order valence-electron chi connectivity index (χ1n) is 7.38. The van der Waals surface area contributed by atoms with E-state index in [0.29, 0.717) is 36.1 Å². The Hall–Kier alpha value is -2.19. The Morgan fingerprint density at radius 2 is 1.62 bits per heavy atom. The average Bonchev–Trinajstić information content (AvgIpc) is 2.63. The Morgan fingerprint density at radius 1 is 1.04 bits per heavy atom. The lowest BCUT2D eigenvalue weighted by Crippen LogP contribution is -2.15. The molecule has 0 saturated carbocycles. The number of rotatable bonds is 6. The summed E-state index contributed by atoms with van der Waals surface area (Å²) >= 11 is 6.40. The van der Waals surface area contributed by atoms with Gasteiger partial charge in [-0.1, -0.05) is 31.9 Å². The van der Waals surface area contributed by atoms with E-state index in [2.05, 4.69) is 31.9 Å². The molecule has 2 aromatic carbocycles. The van der Waals surface area contributed by atoms with E-state index < -0.39 is 5.97 Å². The van der Waals surface area contributed by atoms with Crippen LogP contribution in [0.1, 0.15) is 27.6 Å². The lowest BCUT2D eigenvalue weighted by atomic mass is 10.2. The largest absolute Gasteiger partial charge is 0.507 e. The van der Waals surface area contributed by atoms with Crippen molar-refractivity contribution in [3.63, 3.8) is 0 Å². The third kappa shape index (κ3) is 7.37. The third-order valence-corrected chi connectivity index (χ3v) is 3.85. The van der Waals surface area contributed by atoms with Crippen LogP contribution in [0.2, 0.25) is 0 Å². The second kappa shape index (κ2) is 11.4. The van der Waals surface area contributed by atoms with Gasteiger partial charge in [-0.25, -0.2) is 4.79 Å². The van der Waals surface area contributed by atoms with Crippen LogP contribution in [0.25, 0.3) is 0 Å². The van der Waals surface area contributed by atoms with Gasteiger partial charge < -0.3 is 14.6 Å². The fraction of sp³-hybridized carbons (Fsp3) is 0.167. The topological polar surface area (TPSA) is 89.9 Å². The Morgan fingerprint density at radius 3 is 2.15 bits per heavy atom. The number of carbonyl (C=O) groups excluding carboxylic acids is 3. The summed E-state index contributed by atoms with van der Waals surface area (Å²) in [4.78, 5) is 32.0. The van der Waals surface area contributed by atoms with Gasteiger partial charge in [0.25, 0.3) is 0 Å². The van der Waals surface area contributed by atoms with E-state index in [4.69, 9.17) is 14.6 Å². The molecule has 2 aromatic rings. The van der Waals surface area contributed by atoms with Gasteiger partial charge >= 0.3 is 5.97 Å². The van der Waals surface area contributed by atoms with Crippen LogP contribution in [-0.4, -0.2) is 36.9 Å². The average molecular weight is 488 g/mol. The van der Waals surface area contributed by atoms with E-state index in [9.17, 15) is 14.4 Å². The van der Waals surface area contributed by atoms with Crippen LogP contribution in [0.3, 0.4) is 0 Å². The highest BCUT2D eigenvalue weighted by atomic mass is 79.9. The highest BCUT2D eigenvalue weighted by molar-refractivity contribution is 9.10. The molecular weight excluding hydrogens is 472 g/mol. The molecule has 138 valence electrons. The monoisotopic (exact) mass is 486 g/mol. The van der Waals surface area contributed by atoms with Gasteiger partial charge in [0.1, 0.15) is 11.5 Å². The van der Waals surface area contributed by atoms with Gasteiger partial charge in [-0.2, -0.15) is 0 Å². The van der Waals surface area contributed by atoms with Crippen LogP contribution in [0.4, 0.5) is 0 Å². The summed E-state index contributed by atoms with van der Waals surface area (Å²) < 4.78 is 11.4. The number of hydrogen-bond acceptors (Lipinski definition) is 6. The molecule has 0 spiro atoms. The maximum atomic E-state index is 11.0. The zero-order valence-corrected chi connectivity index (χ0v) is 16.9. The van der Waals surface area contributed by atoms with Crippen LogP contribution in [0.5, 0.6) is 11.5 Å². The number of aldehydes is 2. The fourth-order valence-corrected chi connectivity index (χ4v) is 2.46. The minimum atomic E-state index is -0.456. The first-order valence-corrected chi connectivity index (χ1v) is 8.96. The number of aromatic hydroxyl groups is 1. The highest BCUT2D eigenvalue weighted by Gasteiger charge is 2.07. The molecule has 0 fully saturated rings. The Balaban J connectivity index is 0.000000289. The fourth-order valence-electron chi connectivity index (χ4n) is 1.70. The molecule has 0 radical (unpaired) electrons. The lowest BCUT2D eigenvalue weighted by Gasteiger charge is -2.07. The summed E-state index contributed by atoms with van der Waals surface area (Å²) in [5, 5.41) is 8.98. The van der Waals surface area contributed by atoms with E-state index in [1.165, 1.54) is 6.07 Å². The van der Waals surface area contributed by atoms with Crippen LogP contribution in [0, 0.1) is 0 Å². The first kappa shape index (κ1) is 21.9. The molecule has 0 atom stereocenters. The second-order valence-corrected chi connectivity index (χ2v) is 6.55. The van der Waals surface area contributed by atoms with Gasteiger partial charge in [0.2, 0.25) is 0 Å². The van der Waals surface area contributed by atoms with E-state index in [1.54, 1.807) is 37.3 Å². The molecule has 0 heterocycles. The predicted molar refractivity (Wildman–Crippen MR) is 103 cm³/mol. The van der Waals surface area contributed by atoms with Crippen LogP contribution in [-0.2, 0) is 9.53 Å². The van der Waals surface area contributed by atoms with Gasteiger partial charge in [0, 0.05) is 8.95 Å². The van der Waals surface area contributed by atoms with Crippen molar-refractivity contribution >= 4 is 50.4 Å². The summed E-state index contributed by atoms with van der Waals surface area (Å²) in [6.07, 6.45) is 1.28. The quantitative estimate of drug-likeness (QED) is 0.485. The Kier molecular flexibility index (Phi) is 9.61. The molecule has 2 rings (SSSR count). The molecule has 0 unspecified atom stereocenters.